The molecular weight excluding hydrogens is 444 g/mol. The van der Waals surface area contributed by atoms with Crippen LogP contribution in [-0.4, -0.2) is 61.7 Å². The summed E-state index contributed by atoms with van der Waals surface area (Å²) < 4.78 is 31.8. The fourth-order valence-corrected chi connectivity index (χ4v) is 6.88. The minimum absolute atomic E-state index is 0.0874. The summed E-state index contributed by atoms with van der Waals surface area (Å²) in [4.78, 5) is 36.1. The van der Waals surface area contributed by atoms with Gasteiger partial charge in [0.05, 0.1) is 4.88 Å². The zero-order valence-electron chi connectivity index (χ0n) is 14.5. The Balaban J connectivity index is 1.62. The largest absolute Gasteiger partial charge is 0.451 e. The van der Waals surface area contributed by atoms with Crippen molar-refractivity contribution in [3.8, 4) is 0 Å². The Bertz CT molecular complexity index is 961. The van der Waals surface area contributed by atoms with Crippen LogP contribution in [0.5, 0.6) is 0 Å². The van der Waals surface area contributed by atoms with Crippen LogP contribution in [0.2, 0.25) is 0 Å². The molecule has 0 bridgehead atoms. The molecule has 0 atom stereocenters. The highest BCUT2D eigenvalue weighted by Gasteiger charge is 2.32. The summed E-state index contributed by atoms with van der Waals surface area (Å²) >= 11 is 3.77. The summed E-state index contributed by atoms with van der Waals surface area (Å²) in [5.41, 5.74) is 0. The van der Waals surface area contributed by atoms with Gasteiger partial charge in [0.15, 0.2) is 6.61 Å². The topological polar surface area (TPSA) is 110 Å². The van der Waals surface area contributed by atoms with Crippen LogP contribution in [0.3, 0.4) is 0 Å². The Morgan fingerprint density at radius 1 is 1.11 bits per heavy atom. The number of sulfonamides is 1. The molecule has 0 radical (unpaired) electrons. The molecule has 1 saturated heterocycles. The van der Waals surface area contributed by atoms with Crippen molar-refractivity contribution in [1.29, 1.82) is 0 Å². The lowest BCUT2D eigenvalue weighted by molar-refractivity contribution is -0.123. The first-order valence-corrected chi connectivity index (χ1v) is 12.4. The van der Waals surface area contributed by atoms with Gasteiger partial charge < -0.3 is 4.74 Å². The molecule has 8 nitrogen and oxygen atoms in total. The molecule has 1 fully saturated rings. The van der Waals surface area contributed by atoms with Crippen LogP contribution in [0, 0.1) is 0 Å². The molecule has 28 heavy (non-hydrogen) atoms. The van der Waals surface area contributed by atoms with Crippen LogP contribution in [0.25, 0.3) is 0 Å². The lowest BCUT2D eigenvalue weighted by Gasteiger charge is -2.25. The summed E-state index contributed by atoms with van der Waals surface area (Å²) in [6.45, 7) is 0.0723. The maximum Gasteiger partial charge on any atom is 0.350 e. The number of carbonyl (C=O) groups is 3. The second-order valence-corrected chi connectivity index (χ2v) is 10.6. The first-order chi connectivity index (χ1) is 13.4. The standard InChI is InChI=1S/C16H16N2O6S4/c19-13(17-15(20)11-2-1-6-26-11)10-24-16(21)14-12(3-7-27-14)28(22,23)18-4-8-25-9-5-18/h1-3,6-7H,4-5,8-10H2,(H,17,19,20). The van der Waals surface area contributed by atoms with Crippen molar-refractivity contribution in [3.63, 3.8) is 0 Å². The van der Waals surface area contributed by atoms with Gasteiger partial charge >= 0.3 is 5.97 Å². The van der Waals surface area contributed by atoms with Gasteiger partial charge in [0.1, 0.15) is 9.77 Å². The molecule has 3 heterocycles. The van der Waals surface area contributed by atoms with E-state index in [1.54, 1.807) is 29.3 Å². The van der Waals surface area contributed by atoms with Gasteiger partial charge in [-0.15, -0.1) is 22.7 Å². The summed E-state index contributed by atoms with van der Waals surface area (Å²) in [7, 11) is -3.81. The number of thiophene rings is 2. The number of imide groups is 1. The minimum atomic E-state index is -3.81. The smallest absolute Gasteiger partial charge is 0.350 e. The third-order valence-electron chi connectivity index (χ3n) is 3.73. The van der Waals surface area contributed by atoms with E-state index in [2.05, 4.69) is 5.32 Å². The molecule has 12 heteroatoms. The number of esters is 1. The van der Waals surface area contributed by atoms with E-state index >= 15 is 0 Å². The molecule has 0 saturated carbocycles. The Labute approximate surface area is 173 Å². The molecule has 2 amide bonds. The molecule has 150 valence electrons. The van der Waals surface area contributed by atoms with E-state index in [4.69, 9.17) is 4.74 Å². The first-order valence-electron chi connectivity index (χ1n) is 8.10. The monoisotopic (exact) mass is 460 g/mol. The second-order valence-electron chi connectivity index (χ2n) is 5.56. The summed E-state index contributed by atoms with van der Waals surface area (Å²) in [5, 5.41) is 5.29. The van der Waals surface area contributed by atoms with Crippen molar-refractivity contribution in [2.45, 2.75) is 4.90 Å². The van der Waals surface area contributed by atoms with Crippen LogP contribution < -0.4 is 5.32 Å². The van der Waals surface area contributed by atoms with Gasteiger partial charge in [0.25, 0.3) is 11.8 Å². The predicted octanol–water partition coefficient (Wildman–Crippen LogP) is 1.66. The third-order valence-corrected chi connectivity index (χ3v) is 8.51. The average Bonchev–Trinajstić information content (AvgIpc) is 3.38. The Kier molecular flexibility index (Phi) is 6.88. The van der Waals surface area contributed by atoms with Crippen LogP contribution in [-0.2, 0) is 19.6 Å². The number of amides is 2. The van der Waals surface area contributed by atoms with Crippen molar-refractivity contribution in [1.82, 2.24) is 9.62 Å². The van der Waals surface area contributed by atoms with Gasteiger partial charge in [0, 0.05) is 24.6 Å². The maximum absolute atomic E-state index is 12.8. The average molecular weight is 461 g/mol. The molecular formula is C16H16N2O6S4. The second kappa shape index (κ2) is 9.18. The summed E-state index contributed by atoms with van der Waals surface area (Å²) in [5.74, 6) is -0.902. The quantitative estimate of drug-likeness (QED) is 0.653. The molecule has 2 aromatic rings. The van der Waals surface area contributed by atoms with Crippen LogP contribution in [0.4, 0.5) is 0 Å². The van der Waals surface area contributed by atoms with Gasteiger partial charge in [-0.3, -0.25) is 14.9 Å². The van der Waals surface area contributed by atoms with E-state index in [1.165, 1.54) is 27.1 Å². The molecule has 1 N–H and O–H groups in total. The van der Waals surface area contributed by atoms with Gasteiger partial charge in [-0.05, 0) is 22.9 Å². The Morgan fingerprint density at radius 3 is 2.54 bits per heavy atom. The highest BCUT2D eigenvalue weighted by atomic mass is 32.2. The van der Waals surface area contributed by atoms with E-state index < -0.39 is 34.4 Å². The van der Waals surface area contributed by atoms with Crippen molar-refractivity contribution < 1.29 is 27.5 Å². The number of carbonyl (C=O) groups excluding carboxylic acids is 3. The molecule has 2 aromatic heterocycles. The van der Waals surface area contributed by atoms with Crippen molar-refractivity contribution in [2.24, 2.45) is 0 Å². The molecule has 0 unspecified atom stereocenters. The Morgan fingerprint density at radius 2 is 1.86 bits per heavy atom. The summed E-state index contributed by atoms with van der Waals surface area (Å²) in [6, 6.07) is 4.59. The van der Waals surface area contributed by atoms with Crippen molar-refractivity contribution in [2.75, 3.05) is 31.2 Å². The number of hydrogen-bond donors (Lipinski definition) is 1. The SMILES string of the molecule is O=C(COC(=O)c1sccc1S(=O)(=O)N1CCSCC1)NC(=O)c1cccs1. The van der Waals surface area contributed by atoms with E-state index in [1.807, 2.05) is 0 Å². The lowest BCUT2D eigenvalue weighted by Crippen LogP contribution is -2.38. The van der Waals surface area contributed by atoms with E-state index in [0.29, 0.717) is 29.5 Å². The van der Waals surface area contributed by atoms with E-state index in [-0.39, 0.29) is 9.77 Å². The zero-order chi connectivity index (χ0) is 20.1. The molecule has 0 aromatic carbocycles. The highest BCUT2D eigenvalue weighted by molar-refractivity contribution is 7.99. The number of ether oxygens (including phenoxy) is 1. The number of thioether (sulfide) groups is 1. The fraction of sp³-hybridized carbons (Fsp3) is 0.312. The fourth-order valence-electron chi connectivity index (χ4n) is 2.40. The number of nitrogens with zero attached hydrogens (tertiary/aromatic N) is 1. The van der Waals surface area contributed by atoms with Gasteiger partial charge in [-0.1, -0.05) is 6.07 Å². The summed E-state index contributed by atoms with van der Waals surface area (Å²) in [6.07, 6.45) is 0. The maximum atomic E-state index is 12.8. The van der Waals surface area contributed by atoms with Crippen molar-refractivity contribution >= 4 is 62.2 Å². The normalized spacial score (nSPS) is 15.1. The van der Waals surface area contributed by atoms with Crippen molar-refractivity contribution in [3.05, 3.63) is 38.7 Å². The minimum Gasteiger partial charge on any atom is -0.451 e. The molecule has 1 aliphatic heterocycles. The van der Waals surface area contributed by atoms with E-state index in [9.17, 15) is 22.8 Å². The number of nitrogens with one attached hydrogen (secondary N) is 1. The van der Waals surface area contributed by atoms with Gasteiger partial charge in [0.2, 0.25) is 10.0 Å². The predicted molar refractivity (Wildman–Crippen MR) is 107 cm³/mol. The lowest BCUT2D eigenvalue weighted by atomic mass is 10.4. The Hall–Kier alpha value is -1.73. The number of hydrogen-bond acceptors (Lipinski definition) is 9. The van der Waals surface area contributed by atoms with Crippen LogP contribution >= 0.6 is 34.4 Å². The molecule has 1 aliphatic rings. The van der Waals surface area contributed by atoms with Gasteiger partial charge in [-0.2, -0.15) is 16.1 Å². The zero-order valence-corrected chi connectivity index (χ0v) is 17.7. The third kappa shape index (κ3) is 4.81. The number of rotatable bonds is 6. The first kappa shape index (κ1) is 21.0. The van der Waals surface area contributed by atoms with E-state index in [0.717, 1.165) is 11.3 Å². The van der Waals surface area contributed by atoms with Crippen LogP contribution in [0.1, 0.15) is 19.3 Å². The molecule has 0 spiro atoms. The molecule has 3 rings (SSSR count). The highest BCUT2D eigenvalue weighted by Crippen LogP contribution is 2.27. The molecule has 0 aliphatic carbocycles. The van der Waals surface area contributed by atoms with Crippen LogP contribution in [0.15, 0.2) is 33.9 Å². The van der Waals surface area contributed by atoms with Gasteiger partial charge in [-0.25, -0.2) is 13.2 Å².